The summed E-state index contributed by atoms with van der Waals surface area (Å²) >= 11 is 0. The number of fused-ring (bicyclic) bond motifs is 2. The van der Waals surface area contributed by atoms with Crippen molar-refractivity contribution >= 4 is 27.2 Å². The van der Waals surface area contributed by atoms with Crippen LogP contribution in [-0.4, -0.2) is 0 Å². The predicted molar refractivity (Wildman–Crippen MR) is 79.4 cm³/mol. The normalized spacial score (nSPS) is 10.9. The van der Waals surface area contributed by atoms with Crippen LogP contribution in [-0.2, 0) is 0 Å². The van der Waals surface area contributed by atoms with Gasteiger partial charge in [0.1, 0.15) is 0 Å². The van der Waals surface area contributed by atoms with E-state index in [1.165, 1.54) is 27.1 Å². The van der Waals surface area contributed by atoms with Gasteiger partial charge in [-0.2, -0.15) is 0 Å². The molecule has 3 rings (SSSR count). The molecule has 0 fully saturated rings. The van der Waals surface area contributed by atoms with E-state index in [0.717, 1.165) is 5.56 Å². The molecule has 2 N–H and O–H groups in total. The molecule has 0 aliphatic rings. The van der Waals surface area contributed by atoms with Gasteiger partial charge in [-0.1, -0.05) is 48.5 Å². The first kappa shape index (κ1) is 10.8. The number of hydrogen-bond donors (Lipinski definition) is 1. The first-order valence-electron chi connectivity index (χ1n) is 6.03. The summed E-state index contributed by atoms with van der Waals surface area (Å²) in [6.07, 6.45) is 0. The molecular weight excluding hydrogens is 218 g/mol. The third-order valence-corrected chi connectivity index (χ3v) is 3.34. The highest BCUT2D eigenvalue weighted by Gasteiger charge is 2.04. The molecule has 0 amide bonds. The second-order valence-electron chi connectivity index (χ2n) is 4.75. The Morgan fingerprint density at radius 3 is 2.56 bits per heavy atom. The molecule has 0 aliphatic heterocycles. The topological polar surface area (TPSA) is 26.0 Å². The Labute approximate surface area is 107 Å². The van der Waals surface area contributed by atoms with Gasteiger partial charge in [-0.3, -0.25) is 0 Å². The fourth-order valence-electron chi connectivity index (χ4n) is 2.42. The number of nitrogens with two attached hydrogens (primary N) is 1. The van der Waals surface area contributed by atoms with Crippen LogP contribution in [0.25, 0.3) is 27.2 Å². The molecule has 0 heterocycles. The van der Waals surface area contributed by atoms with E-state index >= 15 is 0 Å². The van der Waals surface area contributed by atoms with Gasteiger partial charge in [0.25, 0.3) is 0 Å². The van der Waals surface area contributed by atoms with Gasteiger partial charge in [-0.05, 0) is 40.6 Å². The zero-order valence-electron chi connectivity index (χ0n) is 10.4. The molecule has 1 nitrogen and oxygen atoms in total. The average Bonchev–Trinajstić information content (AvgIpc) is 2.35. The minimum absolute atomic E-state index is 0.618. The van der Waals surface area contributed by atoms with Crippen molar-refractivity contribution in [2.75, 3.05) is 0 Å². The molecule has 3 aromatic carbocycles. The van der Waals surface area contributed by atoms with Crippen molar-refractivity contribution in [1.82, 2.24) is 0 Å². The fourth-order valence-corrected chi connectivity index (χ4v) is 2.42. The summed E-state index contributed by atoms with van der Waals surface area (Å²) in [7, 11) is 0. The van der Waals surface area contributed by atoms with Gasteiger partial charge in [0, 0.05) is 11.3 Å². The van der Waals surface area contributed by atoms with E-state index in [-0.39, 0.29) is 0 Å². The molecule has 0 bridgehead atoms. The smallest absolute Gasteiger partial charge is 0.0320 e. The van der Waals surface area contributed by atoms with Gasteiger partial charge in [-0.15, -0.1) is 0 Å². The van der Waals surface area contributed by atoms with Gasteiger partial charge in [0.2, 0.25) is 0 Å². The van der Waals surface area contributed by atoms with Crippen LogP contribution in [0.4, 0.5) is 0 Å². The maximum atomic E-state index is 5.86. The number of aryl methyl sites for hydroxylation is 1. The van der Waals surface area contributed by atoms with Crippen LogP contribution in [0.2, 0.25) is 0 Å². The van der Waals surface area contributed by atoms with Gasteiger partial charge >= 0.3 is 0 Å². The van der Waals surface area contributed by atoms with E-state index < -0.39 is 0 Å². The highest BCUT2D eigenvalue weighted by Crippen LogP contribution is 2.27. The molecule has 0 atom stereocenters. The van der Waals surface area contributed by atoms with E-state index in [1.807, 2.05) is 12.1 Å². The van der Waals surface area contributed by atoms with Crippen molar-refractivity contribution in [3.63, 3.8) is 0 Å². The molecule has 0 saturated heterocycles. The summed E-state index contributed by atoms with van der Waals surface area (Å²) < 4.78 is 0. The molecule has 88 valence electrons. The third-order valence-electron chi connectivity index (χ3n) is 3.34. The summed E-state index contributed by atoms with van der Waals surface area (Å²) in [6.45, 7) is 5.96. The monoisotopic (exact) mass is 233 g/mol. The highest BCUT2D eigenvalue weighted by atomic mass is 14.6. The van der Waals surface area contributed by atoms with Crippen LogP contribution in [0.1, 0.15) is 11.1 Å². The maximum absolute atomic E-state index is 5.86. The Balaban J connectivity index is 2.45. The van der Waals surface area contributed by atoms with Crippen LogP contribution in [0.5, 0.6) is 0 Å². The van der Waals surface area contributed by atoms with Crippen molar-refractivity contribution in [2.24, 2.45) is 5.73 Å². The minimum atomic E-state index is 0.618. The lowest BCUT2D eigenvalue weighted by Gasteiger charge is -2.08. The van der Waals surface area contributed by atoms with Gasteiger partial charge in [0.05, 0.1) is 0 Å². The van der Waals surface area contributed by atoms with Crippen molar-refractivity contribution in [1.29, 1.82) is 0 Å². The van der Waals surface area contributed by atoms with E-state index in [2.05, 4.69) is 49.9 Å². The van der Waals surface area contributed by atoms with Crippen LogP contribution in [0, 0.1) is 6.92 Å². The molecule has 0 saturated carbocycles. The number of hydrogen-bond acceptors (Lipinski definition) is 1. The van der Waals surface area contributed by atoms with Crippen molar-refractivity contribution in [3.8, 4) is 0 Å². The van der Waals surface area contributed by atoms with Gasteiger partial charge < -0.3 is 5.73 Å². The largest absolute Gasteiger partial charge is 0.399 e. The van der Waals surface area contributed by atoms with Gasteiger partial charge in [0.15, 0.2) is 0 Å². The van der Waals surface area contributed by atoms with E-state index in [9.17, 15) is 0 Å². The first-order chi connectivity index (χ1) is 8.65. The van der Waals surface area contributed by atoms with Crippen molar-refractivity contribution in [2.45, 2.75) is 6.92 Å². The Morgan fingerprint density at radius 2 is 1.78 bits per heavy atom. The Morgan fingerprint density at radius 1 is 0.944 bits per heavy atom. The average molecular weight is 233 g/mol. The summed E-state index contributed by atoms with van der Waals surface area (Å²) in [5.74, 6) is 0. The molecule has 0 spiro atoms. The van der Waals surface area contributed by atoms with Crippen LogP contribution >= 0.6 is 0 Å². The number of rotatable bonds is 1. The quantitative estimate of drug-likeness (QED) is 0.625. The lowest BCUT2D eigenvalue weighted by molar-refractivity contribution is 1.51. The third kappa shape index (κ3) is 1.65. The Hall–Kier alpha value is -2.28. The zero-order chi connectivity index (χ0) is 12.7. The van der Waals surface area contributed by atoms with Gasteiger partial charge in [-0.25, -0.2) is 0 Å². The lowest BCUT2D eigenvalue weighted by atomic mass is 9.98. The minimum Gasteiger partial charge on any atom is -0.399 e. The van der Waals surface area contributed by atoms with E-state index in [0.29, 0.717) is 5.70 Å². The molecule has 18 heavy (non-hydrogen) atoms. The first-order valence-corrected chi connectivity index (χ1v) is 6.03. The van der Waals surface area contributed by atoms with Crippen LogP contribution in [0.3, 0.4) is 0 Å². The Kier molecular flexibility index (Phi) is 2.34. The van der Waals surface area contributed by atoms with E-state index in [1.54, 1.807) is 0 Å². The van der Waals surface area contributed by atoms with E-state index in [4.69, 9.17) is 5.73 Å². The maximum Gasteiger partial charge on any atom is 0.0320 e. The molecule has 1 heteroatoms. The Bertz CT molecular complexity index is 769. The summed E-state index contributed by atoms with van der Waals surface area (Å²) in [5, 5.41) is 4.88. The van der Waals surface area contributed by atoms with Crippen molar-refractivity contribution in [3.05, 3.63) is 66.2 Å². The molecule has 0 unspecified atom stereocenters. The number of benzene rings is 3. The standard InChI is InChI=1S/C17H15N/c1-11-6-7-13-9-14-4-3-5-16(12(2)18)17(14)10-15(13)8-11/h3-10H,2,18H2,1H3. The SMILES string of the molecule is C=C(N)c1cccc2cc3ccc(C)cc3cc12. The van der Waals surface area contributed by atoms with Crippen LogP contribution < -0.4 is 5.73 Å². The summed E-state index contributed by atoms with van der Waals surface area (Å²) in [4.78, 5) is 0. The highest BCUT2D eigenvalue weighted by molar-refractivity contribution is 6.02. The molecule has 0 aromatic heterocycles. The lowest BCUT2D eigenvalue weighted by Crippen LogP contribution is -1.94. The second kappa shape index (κ2) is 3.88. The zero-order valence-corrected chi connectivity index (χ0v) is 10.4. The molecule has 0 aliphatic carbocycles. The second-order valence-corrected chi connectivity index (χ2v) is 4.75. The molecule has 0 radical (unpaired) electrons. The fraction of sp³-hybridized carbons (Fsp3) is 0.0588. The van der Waals surface area contributed by atoms with Crippen LogP contribution in [0.15, 0.2) is 55.1 Å². The predicted octanol–water partition coefficient (Wildman–Crippen LogP) is 4.23. The van der Waals surface area contributed by atoms with Crippen molar-refractivity contribution < 1.29 is 0 Å². The summed E-state index contributed by atoms with van der Waals surface area (Å²) in [6, 6.07) is 17.1. The molecular formula is C17H15N. The molecule has 3 aromatic rings. The summed E-state index contributed by atoms with van der Waals surface area (Å²) in [5.41, 5.74) is 8.77.